The number of nitrogens with two attached hydrogens (primary N) is 1. The summed E-state index contributed by atoms with van der Waals surface area (Å²) < 4.78 is 0. The maximum atomic E-state index is 10.5. The van der Waals surface area contributed by atoms with Gasteiger partial charge in [0, 0.05) is 0 Å². The number of hydrogen-bond acceptors (Lipinski definition) is 4. The van der Waals surface area contributed by atoms with E-state index in [4.69, 9.17) is 10.8 Å². The lowest BCUT2D eigenvalue weighted by Gasteiger charge is -2.01. The predicted molar refractivity (Wildman–Crippen MR) is 42.8 cm³/mol. The molecule has 0 spiro atoms. The quantitative estimate of drug-likeness (QED) is 0.662. The number of carboxylic acids is 1. The van der Waals surface area contributed by atoms with Crippen molar-refractivity contribution in [2.45, 2.75) is 13.3 Å². The maximum absolute atomic E-state index is 10.5. The highest BCUT2D eigenvalue weighted by molar-refractivity contribution is 5.86. The standard InChI is InChI=1S/C7H9N3O2/c1-2-4-6(7(11)12)9-3-5(8)10-4/h3H,2H2,1H3,(H2,8,10)(H,11,12). The molecule has 0 aliphatic heterocycles. The molecule has 0 saturated carbocycles. The van der Waals surface area contributed by atoms with Gasteiger partial charge in [-0.2, -0.15) is 0 Å². The lowest BCUT2D eigenvalue weighted by atomic mass is 10.2. The largest absolute Gasteiger partial charge is 0.476 e. The summed E-state index contributed by atoms with van der Waals surface area (Å²) in [5.74, 6) is -0.823. The SMILES string of the molecule is CCc1nc(N)cnc1C(=O)O. The zero-order valence-corrected chi connectivity index (χ0v) is 6.61. The molecule has 0 aliphatic carbocycles. The number of anilines is 1. The molecule has 0 radical (unpaired) electrons. The molecule has 0 amide bonds. The van der Waals surface area contributed by atoms with Crippen molar-refractivity contribution >= 4 is 11.8 Å². The van der Waals surface area contributed by atoms with E-state index in [1.165, 1.54) is 6.20 Å². The van der Waals surface area contributed by atoms with E-state index in [2.05, 4.69) is 9.97 Å². The van der Waals surface area contributed by atoms with Crippen LogP contribution < -0.4 is 5.73 Å². The monoisotopic (exact) mass is 167 g/mol. The number of aryl methyl sites for hydroxylation is 1. The molecule has 0 saturated heterocycles. The Hall–Kier alpha value is -1.65. The van der Waals surface area contributed by atoms with Gasteiger partial charge in [-0.3, -0.25) is 0 Å². The van der Waals surface area contributed by atoms with E-state index in [0.717, 1.165) is 0 Å². The zero-order valence-electron chi connectivity index (χ0n) is 6.61. The van der Waals surface area contributed by atoms with Crippen LogP contribution >= 0.6 is 0 Å². The Morgan fingerprint density at radius 3 is 2.92 bits per heavy atom. The third-order valence-corrected chi connectivity index (χ3v) is 1.40. The van der Waals surface area contributed by atoms with E-state index in [9.17, 15) is 4.79 Å². The molecule has 64 valence electrons. The number of hydrogen-bond donors (Lipinski definition) is 2. The fraction of sp³-hybridized carbons (Fsp3) is 0.286. The molecule has 0 aliphatic rings. The van der Waals surface area contributed by atoms with Crippen molar-refractivity contribution in [3.63, 3.8) is 0 Å². The summed E-state index contributed by atoms with van der Waals surface area (Å²) in [6, 6.07) is 0. The predicted octanol–water partition coefficient (Wildman–Crippen LogP) is 0.319. The van der Waals surface area contributed by atoms with E-state index >= 15 is 0 Å². The van der Waals surface area contributed by atoms with Crippen LogP contribution in [0.1, 0.15) is 23.1 Å². The molecule has 0 bridgehead atoms. The van der Waals surface area contributed by atoms with Gasteiger partial charge in [0.25, 0.3) is 0 Å². The Morgan fingerprint density at radius 2 is 2.42 bits per heavy atom. The molecular weight excluding hydrogens is 158 g/mol. The molecule has 0 aromatic carbocycles. The van der Waals surface area contributed by atoms with Gasteiger partial charge in [0.1, 0.15) is 5.82 Å². The minimum Gasteiger partial charge on any atom is -0.476 e. The van der Waals surface area contributed by atoms with Crippen LogP contribution in [0.25, 0.3) is 0 Å². The van der Waals surface area contributed by atoms with Gasteiger partial charge in [-0.05, 0) is 6.42 Å². The van der Waals surface area contributed by atoms with Crippen LogP contribution in [0.3, 0.4) is 0 Å². The van der Waals surface area contributed by atoms with E-state index < -0.39 is 5.97 Å². The van der Waals surface area contributed by atoms with Crippen molar-refractivity contribution in [2.75, 3.05) is 5.73 Å². The first-order valence-corrected chi connectivity index (χ1v) is 3.49. The first-order chi connectivity index (χ1) is 5.65. The number of aromatic carboxylic acids is 1. The maximum Gasteiger partial charge on any atom is 0.356 e. The highest BCUT2D eigenvalue weighted by atomic mass is 16.4. The van der Waals surface area contributed by atoms with Crippen LogP contribution in [0.15, 0.2) is 6.20 Å². The van der Waals surface area contributed by atoms with Crippen LogP contribution in [0.4, 0.5) is 5.82 Å². The summed E-state index contributed by atoms with van der Waals surface area (Å²) in [4.78, 5) is 18.1. The summed E-state index contributed by atoms with van der Waals surface area (Å²) in [5.41, 5.74) is 5.73. The Morgan fingerprint density at radius 1 is 1.75 bits per heavy atom. The molecule has 3 N–H and O–H groups in total. The molecule has 0 fully saturated rings. The number of nitrogen functional groups attached to an aromatic ring is 1. The third-order valence-electron chi connectivity index (χ3n) is 1.40. The van der Waals surface area contributed by atoms with E-state index in [0.29, 0.717) is 12.1 Å². The van der Waals surface area contributed by atoms with Gasteiger partial charge >= 0.3 is 5.97 Å². The Labute approximate surface area is 69.3 Å². The minimum absolute atomic E-state index is 0.0216. The van der Waals surface area contributed by atoms with Gasteiger partial charge in [-0.25, -0.2) is 14.8 Å². The number of carbonyl (C=O) groups is 1. The van der Waals surface area contributed by atoms with Crippen LogP contribution in [-0.2, 0) is 6.42 Å². The first-order valence-electron chi connectivity index (χ1n) is 3.49. The van der Waals surface area contributed by atoms with Gasteiger partial charge in [0.15, 0.2) is 5.69 Å². The summed E-state index contributed by atoms with van der Waals surface area (Å²) in [7, 11) is 0. The second-order valence-electron chi connectivity index (χ2n) is 2.25. The molecule has 1 rings (SSSR count). The topological polar surface area (TPSA) is 89.1 Å². The fourth-order valence-corrected chi connectivity index (χ4v) is 0.868. The second kappa shape index (κ2) is 3.17. The zero-order chi connectivity index (χ0) is 9.14. The van der Waals surface area contributed by atoms with Crippen molar-refractivity contribution in [3.05, 3.63) is 17.6 Å². The highest BCUT2D eigenvalue weighted by Gasteiger charge is 2.11. The lowest BCUT2D eigenvalue weighted by Crippen LogP contribution is -2.08. The molecule has 1 aromatic heterocycles. The molecular formula is C7H9N3O2. The molecule has 0 atom stereocenters. The fourth-order valence-electron chi connectivity index (χ4n) is 0.868. The first kappa shape index (κ1) is 8.45. The van der Waals surface area contributed by atoms with Gasteiger partial charge in [-0.15, -0.1) is 0 Å². The van der Waals surface area contributed by atoms with Crippen molar-refractivity contribution in [1.82, 2.24) is 9.97 Å². The second-order valence-corrected chi connectivity index (χ2v) is 2.25. The van der Waals surface area contributed by atoms with E-state index in [1.54, 1.807) is 6.92 Å². The lowest BCUT2D eigenvalue weighted by molar-refractivity contribution is 0.0688. The van der Waals surface area contributed by atoms with Crippen molar-refractivity contribution in [2.24, 2.45) is 0 Å². The number of nitrogens with zero attached hydrogens (tertiary/aromatic N) is 2. The third kappa shape index (κ3) is 1.50. The van der Waals surface area contributed by atoms with Crippen LogP contribution in [0.2, 0.25) is 0 Å². The molecule has 5 nitrogen and oxygen atoms in total. The average molecular weight is 167 g/mol. The summed E-state index contributed by atoms with van der Waals surface area (Å²) in [6.07, 6.45) is 1.75. The average Bonchev–Trinajstić information content (AvgIpc) is 2.03. The van der Waals surface area contributed by atoms with Crippen molar-refractivity contribution in [3.8, 4) is 0 Å². The smallest absolute Gasteiger partial charge is 0.356 e. The Bertz CT molecular complexity index is 312. The number of aromatic nitrogens is 2. The van der Waals surface area contributed by atoms with E-state index in [1.807, 2.05) is 0 Å². The van der Waals surface area contributed by atoms with E-state index in [-0.39, 0.29) is 11.5 Å². The van der Waals surface area contributed by atoms with Crippen LogP contribution in [-0.4, -0.2) is 21.0 Å². The molecule has 12 heavy (non-hydrogen) atoms. The minimum atomic E-state index is -1.07. The van der Waals surface area contributed by atoms with Gasteiger partial charge < -0.3 is 10.8 Å². The summed E-state index contributed by atoms with van der Waals surface area (Å²) >= 11 is 0. The summed E-state index contributed by atoms with van der Waals surface area (Å²) in [6.45, 7) is 1.80. The van der Waals surface area contributed by atoms with Gasteiger partial charge in [-0.1, -0.05) is 6.92 Å². The molecule has 1 heterocycles. The Balaban J connectivity index is 3.20. The molecule has 5 heteroatoms. The molecule has 1 aromatic rings. The van der Waals surface area contributed by atoms with Crippen molar-refractivity contribution in [1.29, 1.82) is 0 Å². The number of carboxylic acid groups (broad SMARTS) is 1. The van der Waals surface area contributed by atoms with Crippen molar-refractivity contribution < 1.29 is 9.90 Å². The number of rotatable bonds is 2. The van der Waals surface area contributed by atoms with Gasteiger partial charge in [0.2, 0.25) is 0 Å². The Kier molecular flexibility index (Phi) is 2.23. The molecule has 0 unspecified atom stereocenters. The van der Waals surface area contributed by atoms with Gasteiger partial charge in [0.05, 0.1) is 11.9 Å². The van der Waals surface area contributed by atoms with Crippen LogP contribution in [0, 0.1) is 0 Å². The highest BCUT2D eigenvalue weighted by Crippen LogP contribution is 2.05. The summed E-state index contributed by atoms with van der Waals surface area (Å²) in [5, 5.41) is 8.64. The normalized spacial score (nSPS) is 9.75. The van der Waals surface area contributed by atoms with Crippen LogP contribution in [0.5, 0.6) is 0 Å².